The Morgan fingerprint density at radius 1 is 1.56 bits per heavy atom. The van der Waals surface area contributed by atoms with Gasteiger partial charge in [0, 0.05) is 0 Å². The van der Waals surface area contributed by atoms with Crippen molar-refractivity contribution in [1.29, 1.82) is 0 Å². The van der Waals surface area contributed by atoms with E-state index in [1.807, 2.05) is 0 Å². The van der Waals surface area contributed by atoms with Gasteiger partial charge in [-0.15, -0.1) is 0 Å². The number of carbonyl (C=O) groups excluding carboxylic acids is 2. The Kier molecular flexibility index (Phi) is 2.62. The Labute approximate surface area is 92.6 Å². The number of fused-ring (bicyclic) bond motifs is 1. The van der Waals surface area contributed by atoms with Gasteiger partial charge in [0.25, 0.3) is 5.91 Å². The second-order valence-corrected chi connectivity index (χ2v) is 3.67. The van der Waals surface area contributed by atoms with E-state index in [1.165, 1.54) is 0 Å². The molecule has 0 aliphatic carbocycles. The number of hydrogen-bond acceptors (Lipinski definition) is 4. The van der Waals surface area contributed by atoms with Crippen LogP contribution in [-0.2, 0) is 9.59 Å². The molecule has 0 aromatic heterocycles. The van der Waals surface area contributed by atoms with Gasteiger partial charge in [-0.1, -0.05) is 6.07 Å². The normalized spacial score (nSPS) is 20.4. The molecule has 1 amide bonds. The van der Waals surface area contributed by atoms with Crippen molar-refractivity contribution in [3.05, 3.63) is 23.8 Å². The van der Waals surface area contributed by atoms with Gasteiger partial charge in [-0.05, 0) is 24.6 Å². The molecule has 1 aromatic carbocycles. The van der Waals surface area contributed by atoms with Gasteiger partial charge in [0.2, 0.25) is 0 Å². The van der Waals surface area contributed by atoms with Crippen LogP contribution in [0.25, 0.3) is 0 Å². The summed E-state index contributed by atoms with van der Waals surface area (Å²) in [7, 11) is 0. The Bertz CT molecular complexity index is 445. The number of carbonyl (C=O) groups is 2. The van der Waals surface area contributed by atoms with E-state index in [4.69, 9.17) is 10.5 Å². The average Bonchev–Trinajstić information content (AvgIpc) is 2.29. The van der Waals surface area contributed by atoms with E-state index in [2.05, 4.69) is 5.32 Å². The van der Waals surface area contributed by atoms with Crippen LogP contribution in [0.5, 0.6) is 5.75 Å². The molecule has 0 spiro atoms. The van der Waals surface area contributed by atoms with Crippen molar-refractivity contribution in [3.8, 4) is 5.75 Å². The molecule has 5 heteroatoms. The van der Waals surface area contributed by atoms with E-state index in [0.717, 1.165) is 0 Å². The fraction of sp³-hybridized carbons (Fsp3) is 0.273. The SMILES string of the molecule is CC1Oc2ccc(C(N)C=O)cc2NC1=O. The summed E-state index contributed by atoms with van der Waals surface area (Å²) in [5, 5.41) is 2.69. The lowest BCUT2D eigenvalue weighted by Gasteiger charge is -2.24. The smallest absolute Gasteiger partial charge is 0.265 e. The Morgan fingerprint density at radius 2 is 2.31 bits per heavy atom. The standard InChI is InChI=1S/C11H12N2O3/c1-6-11(15)13-9-4-7(8(12)5-14)2-3-10(9)16-6/h2-6,8H,12H2,1H3,(H,13,15). The number of ether oxygens (including phenoxy) is 1. The Balaban J connectivity index is 2.36. The van der Waals surface area contributed by atoms with Crippen molar-refractivity contribution in [2.75, 3.05) is 5.32 Å². The van der Waals surface area contributed by atoms with E-state index in [-0.39, 0.29) is 5.91 Å². The number of hydrogen-bond donors (Lipinski definition) is 2. The maximum atomic E-state index is 11.4. The first-order chi connectivity index (χ1) is 7.61. The number of rotatable bonds is 2. The molecular formula is C11H12N2O3. The van der Waals surface area contributed by atoms with Crippen molar-refractivity contribution in [2.45, 2.75) is 19.1 Å². The number of aldehydes is 1. The van der Waals surface area contributed by atoms with Gasteiger partial charge >= 0.3 is 0 Å². The van der Waals surface area contributed by atoms with Crippen LogP contribution in [-0.4, -0.2) is 18.3 Å². The van der Waals surface area contributed by atoms with Crippen molar-refractivity contribution in [3.63, 3.8) is 0 Å². The minimum Gasteiger partial charge on any atom is -0.479 e. The zero-order valence-corrected chi connectivity index (χ0v) is 8.77. The van der Waals surface area contributed by atoms with E-state index < -0.39 is 12.1 Å². The molecule has 16 heavy (non-hydrogen) atoms. The summed E-state index contributed by atoms with van der Waals surface area (Å²) in [5.74, 6) is 0.387. The third kappa shape index (κ3) is 1.77. The Hall–Kier alpha value is -1.88. The molecular weight excluding hydrogens is 208 g/mol. The predicted octanol–water partition coefficient (Wildman–Crippen LogP) is 0.605. The maximum absolute atomic E-state index is 11.4. The fourth-order valence-corrected chi connectivity index (χ4v) is 1.51. The molecule has 5 nitrogen and oxygen atoms in total. The molecule has 0 fully saturated rings. The van der Waals surface area contributed by atoms with Crippen LogP contribution in [0.1, 0.15) is 18.5 Å². The van der Waals surface area contributed by atoms with E-state index in [0.29, 0.717) is 23.3 Å². The number of nitrogens with two attached hydrogens (primary N) is 1. The molecule has 1 aliphatic rings. The molecule has 1 aliphatic heterocycles. The molecule has 1 aromatic rings. The second kappa shape index (κ2) is 3.94. The first-order valence-electron chi connectivity index (χ1n) is 4.94. The van der Waals surface area contributed by atoms with E-state index in [9.17, 15) is 9.59 Å². The lowest BCUT2D eigenvalue weighted by atomic mass is 10.1. The summed E-state index contributed by atoms with van der Waals surface area (Å²) >= 11 is 0. The molecule has 0 radical (unpaired) electrons. The first kappa shape index (κ1) is 10.6. The summed E-state index contributed by atoms with van der Waals surface area (Å²) in [6.45, 7) is 1.67. The lowest BCUT2D eigenvalue weighted by Crippen LogP contribution is -2.34. The molecule has 2 atom stereocenters. The summed E-state index contributed by atoms with van der Waals surface area (Å²) in [5.41, 5.74) is 6.77. The minimum absolute atomic E-state index is 0.204. The highest BCUT2D eigenvalue weighted by molar-refractivity contribution is 5.97. The number of anilines is 1. The number of nitrogens with one attached hydrogen (secondary N) is 1. The average molecular weight is 220 g/mol. The number of amides is 1. The predicted molar refractivity (Wildman–Crippen MR) is 58.2 cm³/mol. The monoisotopic (exact) mass is 220 g/mol. The summed E-state index contributed by atoms with van der Waals surface area (Å²) in [6, 6.07) is 4.38. The van der Waals surface area contributed by atoms with Gasteiger partial charge in [-0.2, -0.15) is 0 Å². The van der Waals surface area contributed by atoms with Crippen LogP contribution in [0.4, 0.5) is 5.69 Å². The minimum atomic E-state index is -0.679. The summed E-state index contributed by atoms with van der Waals surface area (Å²) in [4.78, 5) is 21.9. The van der Waals surface area contributed by atoms with Gasteiger partial charge in [0.1, 0.15) is 12.0 Å². The second-order valence-electron chi connectivity index (χ2n) is 3.67. The summed E-state index contributed by atoms with van der Waals surface area (Å²) in [6.07, 6.45) is 0.147. The molecule has 0 bridgehead atoms. The van der Waals surface area contributed by atoms with E-state index in [1.54, 1.807) is 25.1 Å². The van der Waals surface area contributed by atoms with Crippen LogP contribution in [0.2, 0.25) is 0 Å². The van der Waals surface area contributed by atoms with Gasteiger partial charge < -0.3 is 20.6 Å². The topological polar surface area (TPSA) is 81.4 Å². The van der Waals surface area contributed by atoms with Crippen LogP contribution < -0.4 is 15.8 Å². The number of benzene rings is 1. The van der Waals surface area contributed by atoms with Crippen LogP contribution in [0.3, 0.4) is 0 Å². The van der Waals surface area contributed by atoms with Crippen molar-refractivity contribution >= 4 is 17.9 Å². The largest absolute Gasteiger partial charge is 0.479 e. The highest BCUT2D eigenvalue weighted by atomic mass is 16.5. The third-order valence-corrected chi connectivity index (χ3v) is 2.47. The molecule has 2 unspecified atom stereocenters. The zero-order valence-electron chi connectivity index (χ0n) is 8.77. The molecule has 0 saturated heterocycles. The van der Waals surface area contributed by atoms with Crippen molar-refractivity contribution in [2.24, 2.45) is 5.73 Å². The highest BCUT2D eigenvalue weighted by Crippen LogP contribution is 2.31. The molecule has 84 valence electrons. The van der Waals surface area contributed by atoms with Gasteiger partial charge in [0.05, 0.1) is 11.7 Å². The van der Waals surface area contributed by atoms with Crippen LogP contribution in [0.15, 0.2) is 18.2 Å². The lowest BCUT2D eigenvalue weighted by molar-refractivity contribution is -0.122. The molecule has 0 saturated carbocycles. The van der Waals surface area contributed by atoms with E-state index >= 15 is 0 Å². The summed E-state index contributed by atoms with van der Waals surface area (Å²) < 4.78 is 5.37. The molecule has 2 rings (SSSR count). The van der Waals surface area contributed by atoms with Gasteiger partial charge in [-0.25, -0.2) is 0 Å². The third-order valence-electron chi connectivity index (χ3n) is 2.47. The fourth-order valence-electron chi connectivity index (χ4n) is 1.51. The molecule has 3 N–H and O–H groups in total. The maximum Gasteiger partial charge on any atom is 0.265 e. The van der Waals surface area contributed by atoms with Gasteiger partial charge in [0.15, 0.2) is 6.10 Å². The van der Waals surface area contributed by atoms with Crippen LogP contribution >= 0.6 is 0 Å². The van der Waals surface area contributed by atoms with Crippen molar-refractivity contribution < 1.29 is 14.3 Å². The van der Waals surface area contributed by atoms with Crippen molar-refractivity contribution in [1.82, 2.24) is 0 Å². The Morgan fingerprint density at radius 3 is 3.00 bits per heavy atom. The zero-order chi connectivity index (χ0) is 11.7. The van der Waals surface area contributed by atoms with Gasteiger partial charge in [-0.3, -0.25) is 4.79 Å². The quantitative estimate of drug-likeness (QED) is 0.715. The molecule has 1 heterocycles. The first-order valence-corrected chi connectivity index (χ1v) is 4.94. The highest BCUT2D eigenvalue weighted by Gasteiger charge is 2.23. The van der Waals surface area contributed by atoms with Crippen LogP contribution in [0, 0.1) is 0 Å².